The lowest BCUT2D eigenvalue weighted by molar-refractivity contribution is 0.583. The standard InChI is InChI=1S/C10H11ClN2O2S3/c1-7-9(17-10(11)13-7)18(14,15)12-4-2-8-3-5-16-6-8/h3,5-6,12H,2,4H2,1H3. The van der Waals surface area contributed by atoms with Crippen LogP contribution >= 0.6 is 34.3 Å². The molecule has 0 atom stereocenters. The topological polar surface area (TPSA) is 59.1 Å². The molecule has 2 rings (SSSR count). The van der Waals surface area contributed by atoms with Crippen molar-refractivity contribution in [3.8, 4) is 0 Å². The zero-order chi connectivity index (χ0) is 13.2. The summed E-state index contributed by atoms with van der Waals surface area (Å²) in [5.41, 5.74) is 1.56. The van der Waals surface area contributed by atoms with Crippen LogP contribution in [0.25, 0.3) is 0 Å². The normalized spacial score (nSPS) is 11.9. The van der Waals surface area contributed by atoms with Gasteiger partial charge in [0.25, 0.3) is 10.0 Å². The predicted octanol–water partition coefficient (Wildman–Crippen LogP) is 2.69. The number of rotatable bonds is 5. The number of hydrogen-bond acceptors (Lipinski definition) is 5. The number of thiophene rings is 1. The monoisotopic (exact) mass is 322 g/mol. The number of halogens is 1. The SMILES string of the molecule is Cc1nc(Cl)sc1S(=O)(=O)NCCc1ccsc1. The minimum atomic E-state index is -3.50. The van der Waals surface area contributed by atoms with Crippen LogP contribution < -0.4 is 4.72 Å². The zero-order valence-corrected chi connectivity index (χ0v) is 12.7. The van der Waals surface area contributed by atoms with E-state index >= 15 is 0 Å². The number of aryl methyl sites for hydroxylation is 1. The molecular formula is C10H11ClN2O2S3. The number of nitrogens with zero attached hydrogens (tertiary/aromatic N) is 1. The van der Waals surface area contributed by atoms with Crippen molar-refractivity contribution in [3.05, 3.63) is 32.6 Å². The highest BCUT2D eigenvalue weighted by Gasteiger charge is 2.20. The van der Waals surface area contributed by atoms with Gasteiger partial charge in [0.15, 0.2) is 8.68 Å². The summed E-state index contributed by atoms with van der Waals surface area (Å²) in [6, 6.07) is 1.98. The van der Waals surface area contributed by atoms with Crippen LogP contribution in [0.2, 0.25) is 4.47 Å². The predicted molar refractivity (Wildman–Crippen MR) is 75.1 cm³/mol. The lowest BCUT2D eigenvalue weighted by atomic mass is 10.2. The maximum Gasteiger partial charge on any atom is 0.251 e. The number of hydrogen-bond donors (Lipinski definition) is 1. The summed E-state index contributed by atoms with van der Waals surface area (Å²) >= 11 is 8.28. The molecule has 4 nitrogen and oxygen atoms in total. The fourth-order valence-corrected chi connectivity index (χ4v) is 4.95. The van der Waals surface area contributed by atoms with E-state index in [9.17, 15) is 8.42 Å². The van der Waals surface area contributed by atoms with Crippen molar-refractivity contribution < 1.29 is 8.42 Å². The molecule has 98 valence electrons. The van der Waals surface area contributed by atoms with Crippen LogP contribution in [0.1, 0.15) is 11.3 Å². The van der Waals surface area contributed by atoms with Crippen molar-refractivity contribution >= 4 is 44.3 Å². The van der Waals surface area contributed by atoms with Gasteiger partial charge in [-0.25, -0.2) is 18.1 Å². The average Bonchev–Trinajstić information content (AvgIpc) is 2.88. The third kappa shape index (κ3) is 3.30. The summed E-state index contributed by atoms with van der Waals surface area (Å²) in [7, 11) is -3.50. The fourth-order valence-electron chi connectivity index (χ4n) is 1.43. The van der Waals surface area contributed by atoms with Gasteiger partial charge in [0, 0.05) is 6.54 Å². The van der Waals surface area contributed by atoms with Crippen molar-refractivity contribution in [2.45, 2.75) is 17.6 Å². The quantitative estimate of drug-likeness (QED) is 0.920. The lowest BCUT2D eigenvalue weighted by Gasteiger charge is -2.04. The molecule has 0 saturated carbocycles. The molecule has 0 fully saturated rings. The molecule has 0 amide bonds. The molecule has 0 radical (unpaired) electrons. The Bertz CT molecular complexity index is 620. The first kappa shape index (κ1) is 14.0. The van der Waals surface area contributed by atoms with Crippen molar-refractivity contribution in [1.82, 2.24) is 9.71 Å². The van der Waals surface area contributed by atoms with Gasteiger partial charge in [-0.05, 0) is 35.7 Å². The summed E-state index contributed by atoms with van der Waals surface area (Å²) in [6.07, 6.45) is 0.675. The Hall–Kier alpha value is -0.470. The number of sulfonamides is 1. The van der Waals surface area contributed by atoms with Gasteiger partial charge in [-0.1, -0.05) is 22.9 Å². The summed E-state index contributed by atoms with van der Waals surface area (Å²) in [6.45, 7) is 2.00. The molecule has 2 aromatic rings. The maximum absolute atomic E-state index is 12.0. The van der Waals surface area contributed by atoms with Crippen LogP contribution in [0.5, 0.6) is 0 Å². The molecule has 0 unspecified atom stereocenters. The zero-order valence-electron chi connectivity index (χ0n) is 9.51. The molecule has 0 aliphatic rings. The highest BCUT2D eigenvalue weighted by Crippen LogP contribution is 2.26. The summed E-state index contributed by atoms with van der Waals surface area (Å²) in [5, 5.41) is 3.97. The Morgan fingerprint density at radius 1 is 1.50 bits per heavy atom. The number of aromatic nitrogens is 1. The third-order valence-electron chi connectivity index (χ3n) is 2.26. The first-order valence-corrected chi connectivity index (χ1v) is 8.75. The van der Waals surface area contributed by atoms with Gasteiger partial charge in [0.2, 0.25) is 0 Å². The second-order valence-corrected chi connectivity index (χ2v) is 7.94. The van der Waals surface area contributed by atoms with Gasteiger partial charge in [-0.2, -0.15) is 11.3 Å². The highest BCUT2D eigenvalue weighted by molar-refractivity contribution is 7.91. The van der Waals surface area contributed by atoms with Crippen molar-refractivity contribution in [3.63, 3.8) is 0 Å². The Morgan fingerprint density at radius 2 is 2.28 bits per heavy atom. The van der Waals surface area contributed by atoms with E-state index in [1.54, 1.807) is 18.3 Å². The minimum absolute atomic E-state index is 0.192. The Morgan fingerprint density at radius 3 is 2.83 bits per heavy atom. The van der Waals surface area contributed by atoms with Crippen molar-refractivity contribution in [1.29, 1.82) is 0 Å². The summed E-state index contributed by atoms with van der Waals surface area (Å²) < 4.78 is 27.0. The summed E-state index contributed by atoms with van der Waals surface area (Å²) in [5.74, 6) is 0. The van der Waals surface area contributed by atoms with Gasteiger partial charge in [-0.3, -0.25) is 0 Å². The van der Waals surface area contributed by atoms with Crippen molar-refractivity contribution in [2.75, 3.05) is 6.54 Å². The molecule has 0 aromatic carbocycles. The van der Waals surface area contributed by atoms with Gasteiger partial charge in [0.05, 0.1) is 5.69 Å². The third-order valence-corrected chi connectivity index (χ3v) is 6.32. The Labute approximate surface area is 119 Å². The van der Waals surface area contributed by atoms with Crippen molar-refractivity contribution in [2.24, 2.45) is 0 Å². The van der Waals surface area contributed by atoms with E-state index in [4.69, 9.17) is 11.6 Å². The molecule has 0 aliphatic carbocycles. The molecule has 0 bridgehead atoms. The van der Waals surface area contributed by atoms with Crippen LogP contribution in [-0.4, -0.2) is 19.9 Å². The molecule has 0 aliphatic heterocycles. The lowest BCUT2D eigenvalue weighted by Crippen LogP contribution is -2.25. The van der Waals surface area contributed by atoms with Crippen LogP contribution in [0.15, 0.2) is 21.0 Å². The largest absolute Gasteiger partial charge is 0.251 e. The number of nitrogens with one attached hydrogen (secondary N) is 1. The molecule has 2 heterocycles. The van der Waals surface area contributed by atoms with E-state index in [-0.39, 0.29) is 8.68 Å². The van der Waals surface area contributed by atoms with Gasteiger partial charge >= 0.3 is 0 Å². The van der Waals surface area contributed by atoms with Crippen LogP contribution in [-0.2, 0) is 16.4 Å². The summed E-state index contributed by atoms with van der Waals surface area (Å²) in [4.78, 5) is 3.90. The minimum Gasteiger partial charge on any atom is -0.229 e. The van der Waals surface area contributed by atoms with Gasteiger partial charge in [-0.15, -0.1) is 0 Å². The first-order chi connectivity index (χ1) is 8.49. The first-order valence-electron chi connectivity index (χ1n) is 5.13. The van der Waals surface area contributed by atoms with Gasteiger partial charge < -0.3 is 0 Å². The molecule has 2 aromatic heterocycles. The molecular weight excluding hydrogens is 312 g/mol. The van der Waals surface area contributed by atoms with E-state index < -0.39 is 10.0 Å². The molecule has 0 spiro atoms. The van der Waals surface area contributed by atoms with E-state index in [2.05, 4.69) is 9.71 Å². The highest BCUT2D eigenvalue weighted by atomic mass is 35.5. The van der Waals surface area contributed by atoms with Crippen LogP contribution in [0.4, 0.5) is 0 Å². The van der Waals surface area contributed by atoms with Crippen LogP contribution in [0, 0.1) is 6.92 Å². The smallest absolute Gasteiger partial charge is 0.229 e. The molecule has 0 saturated heterocycles. The van der Waals surface area contributed by atoms with E-state index in [0.29, 0.717) is 18.7 Å². The van der Waals surface area contributed by atoms with E-state index in [1.165, 1.54) is 0 Å². The van der Waals surface area contributed by atoms with E-state index in [1.807, 2.05) is 16.8 Å². The number of thiazole rings is 1. The fraction of sp³-hybridized carbons (Fsp3) is 0.300. The molecule has 18 heavy (non-hydrogen) atoms. The maximum atomic E-state index is 12.0. The average molecular weight is 323 g/mol. The second kappa shape index (κ2) is 5.66. The second-order valence-electron chi connectivity index (χ2n) is 3.62. The molecule has 8 heteroatoms. The van der Waals surface area contributed by atoms with Gasteiger partial charge in [0.1, 0.15) is 0 Å². The van der Waals surface area contributed by atoms with Crippen LogP contribution in [0.3, 0.4) is 0 Å². The Kier molecular flexibility index (Phi) is 4.39. The van der Waals surface area contributed by atoms with E-state index in [0.717, 1.165) is 16.9 Å². The molecule has 1 N–H and O–H groups in total. The Balaban J connectivity index is 2.02.